The lowest BCUT2D eigenvalue weighted by molar-refractivity contribution is 1.32. The maximum Gasteiger partial charge on any atom is 0.171 e. The molecule has 0 fully saturated rings. The van der Waals surface area contributed by atoms with Crippen molar-refractivity contribution >= 4 is 39.1 Å². The Morgan fingerprint density at radius 3 is 3.00 bits per heavy atom. The van der Waals surface area contributed by atoms with Gasteiger partial charge in [-0.2, -0.15) is 0 Å². The van der Waals surface area contributed by atoms with Crippen molar-refractivity contribution < 1.29 is 0 Å². The molecule has 0 amide bonds. The molecule has 0 bridgehead atoms. The van der Waals surface area contributed by atoms with Crippen molar-refractivity contribution in [3.63, 3.8) is 0 Å². The van der Waals surface area contributed by atoms with E-state index in [4.69, 9.17) is 17.3 Å². The van der Waals surface area contributed by atoms with Crippen LogP contribution in [0.1, 0.15) is 4.88 Å². The molecule has 2 rings (SSSR count). The maximum atomic E-state index is 5.70. The van der Waals surface area contributed by atoms with Gasteiger partial charge in [0.05, 0.1) is 0 Å². The first kappa shape index (κ1) is 7.76. The molecule has 5 heteroatoms. The van der Waals surface area contributed by atoms with Crippen LogP contribution in [0.2, 0.25) is 5.15 Å². The Labute approximate surface area is 78.2 Å². The van der Waals surface area contributed by atoms with Crippen molar-refractivity contribution in [2.24, 2.45) is 0 Å². The SMILES string of the molecule is Cc1cc2nc(Cl)c(N)nc2s1. The third kappa shape index (κ3) is 1.13. The standard InChI is InChI=1S/C7H6ClN3S/c1-3-2-4-7(12-3)11-6(9)5(8)10-4/h2H,1H3,(H2,9,11). The monoisotopic (exact) mass is 199 g/mol. The van der Waals surface area contributed by atoms with Gasteiger partial charge in [-0.15, -0.1) is 11.3 Å². The Bertz CT molecular complexity index is 398. The summed E-state index contributed by atoms with van der Waals surface area (Å²) >= 11 is 7.27. The summed E-state index contributed by atoms with van der Waals surface area (Å²) in [6.45, 7) is 2.00. The number of anilines is 1. The molecular weight excluding hydrogens is 194 g/mol. The molecular formula is C7H6ClN3S. The van der Waals surface area contributed by atoms with E-state index in [0.29, 0.717) is 5.82 Å². The van der Waals surface area contributed by atoms with Gasteiger partial charge >= 0.3 is 0 Å². The second-order valence-corrected chi connectivity index (χ2v) is 4.04. The predicted molar refractivity (Wildman–Crippen MR) is 51.6 cm³/mol. The molecule has 0 spiro atoms. The van der Waals surface area contributed by atoms with Crippen LogP contribution in [0.25, 0.3) is 10.3 Å². The van der Waals surface area contributed by atoms with Gasteiger partial charge in [0, 0.05) is 4.88 Å². The molecule has 0 aliphatic heterocycles. The van der Waals surface area contributed by atoms with E-state index in [9.17, 15) is 0 Å². The van der Waals surface area contributed by atoms with Crippen LogP contribution in [0.5, 0.6) is 0 Å². The van der Waals surface area contributed by atoms with Gasteiger partial charge in [-0.3, -0.25) is 0 Å². The van der Waals surface area contributed by atoms with E-state index in [2.05, 4.69) is 9.97 Å². The fraction of sp³-hybridized carbons (Fsp3) is 0.143. The van der Waals surface area contributed by atoms with E-state index in [1.807, 2.05) is 13.0 Å². The van der Waals surface area contributed by atoms with Crippen LogP contribution >= 0.6 is 22.9 Å². The lowest BCUT2D eigenvalue weighted by atomic mass is 10.4. The van der Waals surface area contributed by atoms with Crippen molar-refractivity contribution in [2.45, 2.75) is 6.92 Å². The first-order valence-electron chi connectivity index (χ1n) is 3.36. The largest absolute Gasteiger partial charge is 0.381 e. The van der Waals surface area contributed by atoms with Gasteiger partial charge in [-0.25, -0.2) is 9.97 Å². The minimum atomic E-state index is 0.278. The van der Waals surface area contributed by atoms with Crippen LogP contribution in [-0.2, 0) is 0 Å². The molecule has 2 aromatic rings. The number of rotatable bonds is 0. The fourth-order valence-corrected chi connectivity index (χ4v) is 1.93. The average Bonchev–Trinajstić information content (AvgIpc) is 2.30. The number of nitrogens with zero attached hydrogens (tertiary/aromatic N) is 2. The van der Waals surface area contributed by atoms with E-state index in [0.717, 1.165) is 15.2 Å². The van der Waals surface area contributed by atoms with Crippen molar-refractivity contribution in [1.29, 1.82) is 0 Å². The number of aryl methyl sites for hydroxylation is 1. The van der Waals surface area contributed by atoms with Gasteiger partial charge in [-0.1, -0.05) is 11.6 Å². The number of fused-ring (bicyclic) bond motifs is 1. The molecule has 0 aliphatic carbocycles. The highest BCUT2D eigenvalue weighted by Crippen LogP contribution is 2.25. The fourth-order valence-electron chi connectivity index (χ4n) is 0.967. The summed E-state index contributed by atoms with van der Waals surface area (Å²) in [7, 11) is 0. The Balaban J connectivity index is 2.83. The van der Waals surface area contributed by atoms with E-state index in [1.54, 1.807) is 11.3 Å². The quantitative estimate of drug-likeness (QED) is 0.708. The van der Waals surface area contributed by atoms with Crippen LogP contribution in [0.4, 0.5) is 5.82 Å². The number of hydrogen-bond acceptors (Lipinski definition) is 4. The van der Waals surface area contributed by atoms with Crippen molar-refractivity contribution in [3.05, 3.63) is 16.1 Å². The Kier molecular flexibility index (Phi) is 1.66. The molecule has 62 valence electrons. The smallest absolute Gasteiger partial charge is 0.171 e. The second kappa shape index (κ2) is 2.57. The Hall–Kier alpha value is -0.870. The molecule has 0 aromatic carbocycles. The summed E-state index contributed by atoms with van der Waals surface area (Å²) in [5.41, 5.74) is 6.31. The third-order valence-electron chi connectivity index (χ3n) is 1.47. The zero-order valence-electron chi connectivity index (χ0n) is 6.34. The van der Waals surface area contributed by atoms with Crippen LogP contribution in [-0.4, -0.2) is 9.97 Å². The number of nitrogen functional groups attached to an aromatic ring is 1. The zero-order valence-corrected chi connectivity index (χ0v) is 7.91. The zero-order chi connectivity index (χ0) is 8.72. The maximum absolute atomic E-state index is 5.70. The Morgan fingerprint density at radius 2 is 2.25 bits per heavy atom. The molecule has 0 saturated heterocycles. The van der Waals surface area contributed by atoms with E-state index < -0.39 is 0 Å². The summed E-state index contributed by atoms with van der Waals surface area (Å²) in [5, 5.41) is 0.278. The van der Waals surface area contributed by atoms with Crippen molar-refractivity contribution in [3.8, 4) is 0 Å². The number of hydrogen-bond donors (Lipinski definition) is 1. The predicted octanol–water partition coefficient (Wildman–Crippen LogP) is 2.24. The molecule has 0 atom stereocenters. The summed E-state index contributed by atoms with van der Waals surface area (Å²) in [5.74, 6) is 0.297. The highest BCUT2D eigenvalue weighted by molar-refractivity contribution is 7.18. The summed E-state index contributed by atoms with van der Waals surface area (Å²) in [6, 6.07) is 1.94. The number of nitrogens with two attached hydrogens (primary N) is 1. The van der Waals surface area contributed by atoms with Crippen molar-refractivity contribution in [2.75, 3.05) is 5.73 Å². The molecule has 0 unspecified atom stereocenters. The van der Waals surface area contributed by atoms with Crippen LogP contribution < -0.4 is 5.73 Å². The van der Waals surface area contributed by atoms with Crippen LogP contribution in [0.3, 0.4) is 0 Å². The summed E-state index contributed by atoms with van der Waals surface area (Å²) in [6.07, 6.45) is 0. The van der Waals surface area contributed by atoms with Crippen LogP contribution in [0.15, 0.2) is 6.07 Å². The minimum Gasteiger partial charge on any atom is -0.381 e. The number of halogens is 1. The minimum absolute atomic E-state index is 0.278. The van der Waals surface area contributed by atoms with E-state index in [1.165, 1.54) is 0 Å². The highest BCUT2D eigenvalue weighted by Gasteiger charge is 2.05. The van der Waals surface area contributed by atoms with Gasteiger partial charge < -0.3 is 5.73 Å². The molecule has 2 N–H and O–H groups in total. The molecule has 0 radical (unpaired) electrons. The molecule has 0 aliphatic rings. The summed E-state index contributed by atoms with van der Waals surface area (Å²) in [4.78, 5) is 10.2. The van der Waals surface area contributed by atoms with Gasteiger partial charge in [0.2, 0.25) is 0 Å². The van der Waals surface area contributed by atoms with E-state index >= 15 is 0 Å². The highest BCUT2D eigenvalue weighted by atomic mass is 35.5. The van der Waals surface area contributed by atoms with Gasteiger partial charge in [0.15, 0.2) is 11.0 Å². The number of aromatic nitrogens is 2. The van der Waals surface area contributed by atoms with Crippen molar-refractivity contribution in [1.82, 2.24) is 9.97 Å². The molecule has 3 nitrogen and oxygen atoms in total. The second-order valence-electron chi connectivity index (χ2n) is 2.45. The normalized spacial score (nSPS) is 10.8. The lowest BCUT2D eigenvalue weighted by Crippen LogP contribution is -1.92. The first-order chi connectivity index (χ1) is 5.66. The number of thiophene rings is 1. The first-order valence-corrected chi connectivity index (χ1v) is 4.55. The summed E-state index contributed by atoms with van der Waals surface area (Å²) < 4.78 is 0. The van der Waals surface area contributed by atoms with Crippen LogP contribution in [0, 0.1) is 6.92 Å². The van der Waals surface area contributed by atoms with Gasteiger partial charge in [0.25, 0.3) is 0 Å². The van der Waals surface area contributed by atoms with Gasteiger partial charge in [0.1, 0.15) is 10.3 Å². The lowest BCUT2D eigenvalue weighted by Gasteiger charge is -1.93. The van der Waals surface area contributed by atoms with E-state index in [-0.39, 0.29) is 5.15 Å². The molecule has 2 aromatic heterocycles. The Morgan fingerprint density at radius 1 is 1.50 bits per heavy atom. The third-order valence-corrected chi connectivity index (χ3v) is 2.68. The average molecular weight is 200 g/mol. The molecule has 0 saturated carbocycles. The van der Waals surface area contributed by atoms with Gasteiger partial charge in [-0.05, 0) is 13.0 Å². The topological polar surface area (TPSA) is 51.8 Å². The molecule has 2 heterocycles. The molecule has 12 heavy (non-hydrogen) atoms.